The zero-order chi connectivity index (χ0) is 22.7. The van der Waals surface area contributed by atoms with Gasteiger partial charge in [0.15, 0.2) is 0 Å². The summed E-state index contributed by atoms with van der Waals surface area (Å²) in [7, 11) is -3.72. The molecule has 0 unspecified atom stereocenters. The predicted molar refractivity (Wildman–Crippen MR) is 121 cm³/mol. The van der Waals surface area contributed by atoms with Gasteiger partial charge in [-0.15, -0.1) is 11.3 Å². The molecule has 7 nitrogen and oxygen atoms in total. The number of benzene rings is 1. The van der Waals surface area contributed by atoms with Crippen molar-refractivity contribution >= 4 is 38.9 Å². The van der Waals surface area contributed by atoms with Crippen LogP contribution in [0.25, 0.3) is 0 Å². The SMILES string of the molecule is O=C(Nc1cccc(F)c1)C1CCN(S(=O)(=O)c2cc(C(=O)N3CCCCC3)cs2)CC1. The van der Waals surface area contributed by atoms with Crippen molar-refractivity contribution in [3.63, 3.8) is 0 Å². The van der Waals surface area contributed by atoms with Crippen LogP contribution in [-0.2, 0) is 14.8 Å². The van der Waals surface area contributed by atoms with Gasteiger partial charge in [0.25, 0.3) is 15.9 Å². The lowest BCUT2D eigenvalue weighted by atomic mass is 9.97. The molecule has 2 aliphatic rings. The van der Waals surface area contributed by atoms with E-state index in [0.29, 0.717) is 37.2 Å². The molecule has 10 heteroatoms. The molecule has 2 amide bonds. The van der Waals surface area contributed by atoms with E-state index in [1.54, 1.807) is 16.3 Å². The first-order valence-electron chi connectivity index (χ1n) is 10.8. The summed E-state index contributed by atoms with van der Waals surface area (Å²) < 4.78 is 41.0. The van der Waals surface area contributed by atoms with E-state index in [4.69, 9.17) is 0 Å². The third kappa shape index (κ3) is 5.02. The number of carbonyl (C=O) groups excluding carboxylic acids is 2. The second kappa shape index (κ2) is 9.68. The molecule has 2 aromatic rings. The van der Waals surface area contributed by atoms with Crippen LogP contribution in [0, 0.1) is 11.7 Å². The Labute approximate surface area is 191 Å². The van der Waals surface area contributed by atoms with Crippen molar-refractivity contribution in [1.29, 1.82) is 0 Å². The minimum atomic E-state index is -3.72. The molecule has 4 rings (SSSR count). The number of thiophene rings is 1. The fraction of sp³-hybridized carbons (Fsp3) is 0.455. The highest BCUT2D eigenvalue weighted by Crippen LogP contribution is 2.29. The number of nitrogens with zero attached hydrogens (tertiary/aromatic N) is 2. The highest BCUT2D eigenvalue weighted by molar-refractivity contribution is 7.91. The zero-order valence-electron chi connectivity index (χ0n) is 17.6. The Morgan fingerprint density at radius 2 is 1.75 bits per heavy atom. The number of rotatable bonds is 5. The van der Waals surface area contributed by atoms with E-state index in [1.165, 1.54) is 28.6 Å². The van der Waals surface area contributed by atoms with Gasteiger partial charge in [0, 0.05) is 43.2 Å². The van der Waals surface area contributed by atoms with Gasteiger partial charge in [0.2, 0.25) is 5.91 Å². The van der Waals surface area contributed by atoms with Crippen molar-refractivity contribution < 1.29 is 22.4 Å². The van der Waals surface area contributed by atoms with Gasteiger partial charge in [-0.2, -0.15) is 4.31 Å². The third-order valence-electron chi connectivity index (χ3n) is 5.98. The quantitative estimate of drug-likeness (QED) is 0.711. The molecular weight excluding hydrogens is 453 g/mol. The van der Waals surface area contributed by atoms with E-state index < -0.39 is 15.8 Å². The lowest BCUT2D eigenvalue weighted by molar-refractivity contribution is -0.120. The summed E-state index contributed by atoms with van der Waals surface area (Å²) in [6, 6.07) is 7.15. The van der Waals surface area contributed by atoms with Gasteiger partial charge in [-0.3, -0.25) is 9.59 Å². The van der Waals surface area contributed by atoms with Gasteiger partial charge < -0.3 is 10.2 Å². The Morgan fingerprint density at radius 1 is 1.03 bits per heavy atom. The van der Waals surface area contributed by atoms with Gasteiger partial charge in [-0.05, 0) is 56.4 Å². The molecule has 1 aromatic carbocycles. The van der Waals surface area contributed by atoms with Crippen LogP contribution in [0.4, 0.5) is 10.1 Å². The monoisotopic (exact) mass is 479 g/mol. The molecular formula is C22H26FN3O4S2. The first-order chi connectivity index (χ1) is 15.3. The zero-order valence-corrected chi connectivity index (χ0v) is 19.3. The third-order valence-corrected chi connectivity index (χ3v) is 9.29. The second-order valence-corrected chi connectivity index (χ2v) is 11.3. The van der Waals surface area contributed by atoms with Gasteiger partial charge in [0.05, 0.1) is 5.56 Å². The van der Waals surface area contributed by atoms with Gasteiger partial charge in [-0.1, -0.05) is 6.07 Å². The average Bonchev–Trinajstić information content (AvgIpc) is 3.30. The number of hydrogen-bond acceptors (Lipinski definition) is 5. The lowest BCUT2D eigenvalue weighted by Gasteiger charge is -2.30. The first-order valence-corrected chi connectivity index (χ1v) is 13.1. The highest BCUT2D eigenvalue weighted by Gasteiger charge is 2.33. The molecule has 2 aliphatic heterocycles. The molecule has 0 radical (unpaired) electrons. The number of piperidine rings is 2. The summed E-state index contributed by atoms with van der Waals surface area (Å²) in [4.78, 5) is 26.9. The van der Waals surface area contributed by atoms with Crippen LogP contribution in [0.2, 0.25) is 0 Å². The summed E-state index contributed by atoms with van der Waals surface area (Å²) in [5, 5.41) is 4.31. The number of sulfonamides is 1. The molecule has 0 bridgehead atoms. The van der Waals surface area contributed by atoms with Crippen LogP contribution in [0.3, 0.4) is 0 Å². The largest absolute Gasteiger partial charge is 0.339 e. The van der Waals surface area contributed by atoms with E-state index in [1.807, 2.05) is 0 Å². The Hall–Kier alpha value is -2.30. The maximum Gasteiger partial charge on any atom is 0.254 e. The summed E-state index contributed by atoms with van der Waals surface area (Å²) >= 11 is 1.06. The van der Waals surface area contributed by atoms with Gasteiger partial charge in [-0.25, -0.2) is 12.8 Å². The smallest absolute Gasteiger partial charge is 0.254 e. The van der Waals surface area contributed by atoms with Crippen LogP contribution in [0.15, 0.2) is 39.9 Å². The average molecular weight is 480 g/mol. The van der Waals surface area contributed by atoms with Crippen molar-refractivity contribution in [2.45, 2.75) is 36.3 Å². The van der Waals surface area contributed by atoms with E-state index in [0.717, 1.165) is 30.6 Å². The maximum atomic E-state index is 13.3. The van der Waals surface area contributed by atoms with Crippen molar-refractivity contribution in [2.75, 3.05) is 31.5 Å². The molecule has 1 aromatic heterocycles. The summed E-state index contributed by atoms with van der Waals surface area (Å²) in [6.45, 7) is 1.86. The van der Waals surface area contributed by atoms with Gasteiger partial charge >= 0.3 is 0 Å². The summed E-state index contributed by atoms with van der Waals surface area (Å²) in [5.41, 5.74) is 0.800. The summed E-state index contributed by atoms with van der Waals surface area (Å²) in [6.07, 6.45) is 3.82. The summed E-state index contributed by atoms with van der Waals surface area (Å²) in [5.74, 6) is -1.13. The molecule has 172 valence electrons. The Morgan fingerprint density at radius 3 is 2.44 bits per heavy atom. The predicted octanol–water partition coefficient (Wildman–Crippen LogP) is 3.55. The minimum absolute atomic E-state index is 0.116. The van der Waals surface area contributed by atoms with Crippen molar-refractivity contribution in [2.24, 2.45) is 5.92 Å². The molecule has 0 atom stereocenters. The minimum Gasteiger partial charge on any atom is -0.339 e. The molecule has 1 N–H and O–H groups in total. The number of hydrogen-bond donors (Lipinski definition) is 1. The molecule has 32 heavy (non-hydrogen) atoms. The molecule has 2 saturated heterocycles. The Balaban J connectivity index is 1.36. The number of likely N-dealkylation sites (tertiary alicyclic amines) is 1. The van der Waals surface area contributed by atoms with Crippen LogP contribution in [-0.4, -0.2) is 55.6 Å². The van der Waals surface area contributed by atoms with Crippen LogP contribution in [0.1, 0.15) is 42.5 Å². The molecule has 2 fully saturated rings. The van der Waals surface area contributed by atoms with E-state index in [9.17, 15) is 22.4 Å². The number of halogens is 1. The Kier molecular flexibility index (Phi) is 6.92. The standard InChI is InChI=1S/C22H26FN3O4S2/c23-18-5-4-6-19(14-18)24-21(27)16-7-11-26(12-8-16)32(29,30)20-13-17(15-31-20)22(28)25-9-2-1-3-10-25/h4-6,13-16H,1-3,7-12H2,(H,24,27). The number of anilines is 1. The van der Waals surface area contributed by atoms with E-state index in [-0.39, 0.29) is 35.0 Å². The number of amides is 2. The van der Waals surface area contributed by atoms with Crippen LogP contribution < -0.4 is 5.32 Å². The Bertz CT molecular complexity index is 1090. The van der Waals surface area contributed by atoms with Crippen molar-refractivity contribution in [3.05, 3.63) is 47.1 Å². The molecule has 0 spiro atoms. The fourth-order valence-electron chi connectivity index (χ4n) is 4.14. The van der Waals surface area contributed by atoms with Gasteiger partial charge in [0.1, 0.15) is 10.0 Å². The molecule has 0 saturated carbocycles. The normalized spacial score (nSPS) is 18.5. The first kappa shape index (κ1) is 22.9. The lowest BCUT2D eigenvalue weighted by Crippen LogP contribution is -2.41. The van der Waals surface area contributed by atoms with Crippen LogP contribution in [0.5, 0.6) is 0 Å². The molecule has 0 aliphatic carbocycles. The number of carbonyl (C=O) groups is 2. The van der Waals surface area contributed by atoms with Crippen molar-refractivity contribution in [3.8, 4) is 0 Å². The fourth-order valence-corrected chi connectivity index (χ4v) is 6.92. The van der Waals surface area contributed by atoms with Crippen LogP contribution >= 0.6 is 11.3 Å². The van der Waals surface area contributed by atoms with E-state index in [2.05, 4.69) is 5.32 Å². The number of nitrogens with one attached hydrogen (secondary N) is 1. The van der Waals surface area contributed by atoms with E-state index >= 15 is 0 Å². The highest BCUT2D eigenvalue weighted by atomic mass is 32.2. The topological polar surface area (TPSA) is 86.8 Å². The molecule has 3 heterocycles. The maximum absolute atomic E-state index is 13.3. The van der Waals surface area contributed by atoms with Crippen molar-refractivity contribution in [1.82, 2.24) is 9.21 Å². The second-order valence-electron chi connectivity index (χ2n) is 8.19.